The number of urea groups is 1. The van der Waals surface area contributed by atoms with E-state index >= 15 is 0 Å². The first-order valence-corrected chi connectivity index (χ1v) is 8.32. The molecule has 2 aromatic rings. The fourth-order valence-corrected chi connectivity index (χ4v) is 2.78. The van der Waals surface area contributed by atoms with Gasteiger partial charge in [0.05, 0.1) is 11.9 Å². The van der Waals surface area contributed by atoms with Crippen LogP contribution in [0.25, 0.3) is 0 Å². The largest absolute Gasteiger partial charge is 0.323 e. The Bertz CT molecular complexity index is 729. The number of halogens is 1. The number of aryl methyl sites for hydroxylation is 1. The van der Waals surface area contributed by atoms with E-state index in [9.17, 15) is 9.18 Å². The van der Waals surface area contributed by atoms with E-state index in [2.05, 4.69) is 25.8 Å². The number of amides is 2. The molecule has 132 valence electrons. The van der Waals surface area contributed by atoms with Gasteiger partial charge in [0.2, 0.25) is 0 Å². The van der Waals surface area contributed by atoms with Gasteiger partial charge in [-0.2, -0.15) is 0 Å². The van der Waals surface area contributed by atoms with Crippen molar-refractivity contribution in [2.75, 3.05) is 36.8 Å². The highest BCUT2D eigenvalue weighted by molar-refractivity contribution is 5.99. The summed E-state index contributed by atoms with van der Waals surface area (Å²) in [7, 11) is 0. The van der Waals surface area contributed by atoms with Crippen LogP contribution in [0.3, 0.4) is 0 Å². The Hall–Kier alpha value is -2.51. The average Bonchev–Trinajstić information content (AvgIpc) is 2.57. The summed E-state index contributed by atoms with van der Waals surface area (Å²) in [4.78, 5) is 18.5. The van der Waals surface area contributed by atoms with Gasteiger partial charge in [-0.25, -0.2) is 9.18 Å². The standard InChI is InChI=1S/C18H22FN5O/c1-13-2-3-16(11-21-13)22-18(25)23-17-9-14(8-15(19)10-17)12-24-6-4-20-5-7-24/h2-3,8-11,20H,4-7,12H2,1H3,(H2,22,23,25). The highest BCUT2D eigenvalue weighted by atomic mass is 19.1. The number of piperazine rings is 1. The molecule has 1 aliphatic heterocycles. The normalized spacial score (nSPS) is 15.0. The lowest BCUT2D eigenvalue weighted by Crippen LogP contribution is -2.42. The number of hydrogen-bond acceptors (Lipinski definition) is 4. The molecule has 0 saturated carbocycles. The third-order valence-electron chi connectivity index (χ3n) is 4.00. The Morgan fingerprint density at radius 1 is 1.20 bits per heavy atom. The van der Waals surface area contributed by atoms with Crippen molar-refractivity contribution in [3.8, 4) is 0 Å². The van der Waals surface area contributed by atoms with Gasteiger partial charge >= 0.3 is 6.03 Å². The smallest absolute Gasteiger partial charge is 0.314 e. The molecule has 0 atom stereocenters. The second kappa shape index (κ2) is 8.04. The topological polar surface area (TPSA) is 69.3 Å². The number of hydrogen-bond donors (Lipinski definition) is 3. The van der Waals surface area contributed by atoms with Crippen molar-refractivity contribution in [2.45, 2.75) is 13.5 Å². The fourth-order valence-electron chi connectivity index (χ4n) is 2.78. The molecule has 2 heterocycles. The zero-order chi connectivity index (χ0) is 17.6. The minimum Gasteiger partial charge on any atom is -0.314 e. The minimum atomic E-state index is -0.427. The molecule has 3 rings (SSSR count). The summed E-state index contributed by atoms with van der Waals surface area (Å²) in [5.74, 6) is -0.361. The molecular weight excluding hydrogens is 321 g/mol. The van der Waals surface area contributed by atoms with E-state index in [0.717, 1.165) is 37.4 Å². The number of pyridine rings is 1. The SMILES string of the molecule is Cc1ccc(NC(=O)Nc2cc(F)cc(CN3CCNCC3)c2)cn1. The van der Waals surface area contributed by atoms with Crippen molar-refractivity contribution in [3.05, 3.63) is 53.6 Å². The lowest BCUT2D eigenvalue weighted by molar-refractivity contribution is 0.233. The number of nitrogens with zero attached hydrogens (tertiary/aromatic N) is 2. The van der Waals surface area contributed by atoms with Gasteiger partial charge in [0.15, 0.2) is 0 Å². The molecule has 7 heteroatoms. The molecule has 0 radical (unpaired) electrons. The zero-order valence-electron chi connectivity index (χ0n) is 14.2. The van der Waals surface area contributed by atoms with E-state index in [1.54, 1.807) is 18.3 Å². The molecule has 0 bridgehead atoms. The Kier molecular flexibility index (Phi) is 5.57. The van der Waals surface area contributed by atoms with Crippen LogP contribution in [0, 0.1) is 12.7 Å². The number of carbonyl (C=O) groups is 1. The van der Waals surface area contributed by atoms with Gasteiger partial charge in [0, 0.05) is 44.1 Å². The van der Waals surface area contributed by atoms with Crippen molar-refractivity contribution >= 4 is 17.4 Å². The van der Waals surface area contributed by atoms with Crippen LogP contribution >= 0.6 is 0 Å². The third kappa shape index (κ3) is 5.23. The van der Waals surface area contributed by atoms with Crippen molar-refractivity contribution in [2.24, 2.45) is 0 Å². The molecule has 0 spiro atoms. The molecule has 0 aliphatic carbocycles. The first-order chi connectivity index (χ1) is 12.1. The molecule has 2 amide bonds. The maximum absolute atomic E-state index is 13.9. The van der Waals surface area contributed by atoms with Gasteiger partial charge < -0.3 is 16.0 Å². The predicted molar refractivity (Wildman–Crippen MR) is 96.2 cm³/mol. The monoisotopic (exact) mass is 343 g/mol. The molecule has 1 aromatic heterocycles. The summed E-state index contributed by atoms with van der Waals surface area (Å²) in [5, 5.41) is 8.65. The Balaban J connectivity index is 1.62. The quantitative estimate of drug-likeness (QED) is 0.798. The van der Waals surface area contributed by atoms with Crippen LogP contribution < -0.4 is 16.0 Å². The van der Waals surface area contributed by atoms with Gasteiger partial charge in [-0.3, -0.25) is 9.88 Å². The number of carbonyl (C=O) groups excluding carboxylic acids is 1. The second-order valence-corrected chi connectivity index (χ2v) is 6.14. The molecule has 1 aromatic carbocycles. The molecule has 6 nitrogen and oxygen atoms in total. The first-order valence-electron chi connectivity index (χ1n) is 8.32. The highest BCUT2D eigenvalue weighted by Crippen LogP contribution is 2.17. The van der Waals surface area contributed by atoms with Crippen LogP contribution in [0.5, 0.6) is 0 Å². The van der Waals surface area contributed by atoms with E-state index < -0.39 is 6.03 Å². The van der Waals surface area contributed by atoms with Gasteiger partial charge in [-0.05, 0) is 42.8 Å². The summed E-state index contributed by atoms with van der Waals surface area (Å²) < 4.78 is 13.9. The number of benzene rings is 1. The lowest BCUT2D eigenvalue weighted by Gasteiger charge is -2.27. The second-order valence-electron chi connectivity index (χ2n) is 6.14. The van der Waals surface area contributed by atoms with Crippen LogP contribution in [0.15, 0.2) is 36.5 Å². The summed E-state index contributed by atoms with van der Waals surface area (Å²) in [5.41, 5.74) is 2.73. The Morgan fingerprint density at radius 3 is 2.68 bits per heavy atom. The number of rotatable bonds is 4. The summed E-state index contributed by atoms with van der Waals surface area (Å²) >= 11 is 0. The summed E-state index contributed by atoms with van der Waals surface area (Å²) in [6.07, 6.45) is 1.58. The van der Waals surface area contributed by atoms with Gasteiger partial charge in [0.1, 0.15) is 5.82 Å². The van der Waals surface area contributed by atoms with E-state index in [0.29, 0.717) is 17.9 Å². The van der Waals surface area contributed by atoms with E-state index in [-0.39, 0.29) is 5.82 Å². The van der Waals surface area contributed by atoms with Crippen LogP contribution in [0.2, 0.25) is 0 Å². The van der Waals surface area contributed by atoms with Gasteiger partial charge in [-0.15, -0.1) is 0 Å². The Morgan fingerprint density at radius 2 is 1.96 bits per heavy atom. The van der Waals surface area contributed by atoms with E-state index in [4.69, 9.17) is 0 Å². The van der Waals surface area contributed by atoms with E-state index in [1.165, 1.54) is 12.1 Å². The lowest BCUT2D eigenvalue weighted by atomic mass is 10.1. The Labute approximate surface area is 146 Å². The van der Waals surface area contributed by atoms with Crippen molar-refractivity contribution in [3.63, 3.8) is 0 Å². The molecule has 3 N–H and O–H groups in total. The first kappa shape index (κ1) is 17.3. The number of aromatic nitrogens is 1. The van der Waals surface area contributed by atoms with Gasteiger partial charge in [-0.1, -0.05) is 0 Å². The van der Waals surface area contributed by atoms with E-state index in [1.807, 2.05) is 13.0 Å². The van der Waals surface area contributed by atoms with Crippen LogP contribution in [0.1, 0.15) is 11.3 Å². The maximum Gasteiger partial charge on any atom is 0.323 e. The molecule has 1 aliphatic rings. The van der Waals surface area contributed by atoms with Crippen molar-refractivity contribution in [1.82, 2.24) is 15.2 Å². The fraction of sp³-hybridized carbons (Fsp3) is 0.333. The summed E-state index contributed by atoms with van der Waals surface area (Å²) in [6, 6.07) is 7.78. The maximum atomic E-state index is 13.9. The molecule has 1 fully saturated rings. The average molecular weight is 343 g/mol. The van der Waals surface area contributed by atoms with Crippen LogP contribution in [-0.2, 0) is 6.54 Å². The third-order valence-corrected chi connectivity index (χ3v) is 4.00. The predicted octanol–water partition coefficient (Wildman–Crippen LogP) is 2.58. The zero-order valence-corrected chi connectivity index (χ0v) is 14.2. The van der Waals surface area contributed by atoms with Gasteiger partial charge in [0.25, 0.3) is 0 Å². The van der Waals surface area contributed by atoms with Crippen molar-refractivity contribution < 1.29 is 9.18 Å². The van der Waals surface area contributed by atoms with Crippen molar-refractivity contribution in [1.29, 1.82) is 0 Å². The van der Waals surface area contributed by atoms with Crippen LogP contribution in [0.4, 0.5) is 20.6 Å². The molecular formula is C18H22FN5O. The minimum absolute atomic E-state index is 0.361. The molecule has 0 unspecified atom stereocenters. The highest BCUT2D eigenvalue weighted by Gasteiger charge is 2.12. The molecule has 1 saturated heterocycles. The molecule has 25 heavy (non-hydrogen) atoms. The number of anilines is 2. The summed E-state index contributed by atoms with van der Waals surface area (Å²) in [6.45, 7) is 6.27. The van der Waals surface area contributed by atoms with Crippen LogP contribution in [-0.4, -0.2) is 42.1 Å². The number of nitrogens with one attached hydrogen (secondary N) is 3.